The lowest BCUT2D eigenvalue weighted by atomic mass is 10.4. The van der Waals surface area contributed by atoms with Crippen LogP contribution in [0.5, 0.6) is 0 Å². The van der Waals surface area contributed by atoms with Crippen LogP contribution in [0, 0.1) is 0 Å². The van der Waals surface area contributed by atoms with Gasteiger partial charge in [-0.3, -0.25) is 4.55 Å². The molecule has 0 fully saturated rings. The van der Waals surface area contributed by atoms with Crippen LogP contribution in [-0.4, -0.2) is 25.3 Å². The van der Waals surface area contributed by atoms with E-state index < -0.39 is 28.0 Å². The van der Waals surface area contributed by atoms with Crippen molar-refractivity contribution in [3.8, 4) is 0 Å². The van der Waals surface area contributed by atoms with Crippen LogP contribution in [0.15, 0.2) is 12.1 Å². The molecule has 8 heteroatoms. The predicted octanol–water partition coefficient (Wildman–Crippen LogP) is 1.71. The summed E-state index contributed by atoms with van der Waals surface area (Å²) in [5, 5.41) is 0. The number of hydrogen-bond acceptors (Lipinski definition) is 3. The Morgan fingerprint density at radius 3 is 2.21 bits per heavy atom. The molecule has 84 valence electrons. The van der Waals surface area contributed by atoms with E-state index in [4.69, 9.17) is 4.55 Å². The molecule has 0 saturated carbocycles. The van der Waals surface area contributed by atoms with E-state index in [0.717, 1.165) is 0 Å². The second kappa shape index (κ2) is 5.86. The molecule has 0 aromatic rings. The van der Waals surface area contributed by atoms with Crippen LogP contribution in [0.25, 0.3) is 0 Å². The van der Waals surface area contributed by atoms with Crippen LogP contribution in [0.3, 0.4) is 0 Å². The molecule has 4 nitrogen and oxygen atoms in total. The van der Waals surface area contributed by atoms with Crippen LogP contribution in [-0.2, 0) is 14.9 Å². The summed E-state index contributed by atoms with van der Waals surface area (Å²) in [7, 11) is -4.05. The van der Waals surface area contributed by atoms with Crippen LogP contribution in [0.2, 0.25) is 0 Å². The molecule has 0 rings (SSSR count). The first kappa shape index (κ1) is 13.2. The highest BCUT2D eigenvalue weighted by molar-refractivity contribution is 7.85. The highest BCUT2D eigenvalue weighted by atomic mass is 32.2. The third kappa shape index (κ3) is 7.87. The number of rotatable bonds is 6. The van der Waals surface area contributed by atoms with Crippen molar-refractivity contribution in [1.29, 1.82) is 0 Å². The summed E-state index contributed by atoms with van der Waals surface area (Å²) < 4.78 is 67.1. The number of unbranched alkanes of at least 4 members (excludes halogenated alkanes) is 1. The molecular formula is C6H9F3O4S. The van der Waals surface area contributed by atoms with Gasteiger partial charge in [0.05, 0.1) is 12.4 Å². The van der Waals surface area contributed by atoms with E-state index in [9.17, 15) is 21.6 Å². The first-order valence-corrected chi connectivity index (χ1v) is 5.22. The third-order valence-corrected chi connectivity index (χ3v) is 1.98. The maximum absolute atomic E-state index is 11.9. The smallest absolute Gasteiger partial charge is 0.342 e. The van der Waals surface area contributed by atoms with Gasteiger partial charge in [-0.1, -0.05) is 0 Å². The molecule has 0 aliphatic rings. The first-order valence-electron chi connectivity index (χ1n) is 3.61. The van der Waals surface area contributed by atoms with Crippen LogP contribution >= 0.6 is 0 Å². The lowest BCUT2D eigenvalue weighted by Crippen LogP contribution is -2.04. The van der Waals surface area contributed by atoms with Gasteiger partial charge in [-0.15, -0.1) is 0 Å². The summed E-state index contributed by atoms with van der Waals surface area (Å²) in [5.41, 5.74) is 0. The fourth-order valence-corrected chi connectivity index (χ4v) is 1.17. The van der Waals surface area contributed by atoms with Gasteiger partial charge in [0.2, 0.25) is 0 Å². The molecule has 1 N–H and O–H groups in total. The van der Waals surface area contributed by atoms with Gasteiger partial charge in [0.15, 0.2) is 0 Å². The van der Waals surface area contributed by atoms with Gasteiger partial charge in [0.25, 0.3) is 10.1 Å². The zero-order chi connectivity index (χ0) is 11.2. The number of hydrogen-bond donors (Lipinski definition) is 1. The summed E-state index contributed by atoms with van der Waals surface area (Å²) in [4.78, 5) is 0. The minimum absolute atomic E-state index is 0.0139. The molecule has 0 aliphatic carbocycles. The molecule has 0 amide bonds. The number of halogens is 3. The zero-order valence-corrected chi connectivity index (χ0v) is 7.86. The van der Waals surface area contributed by atoms with Crippen molar-refractivity contribution in [1.82, 2.24) is 0 Å². The SMILES string of the molecule is O=S(=O)(O)CCCCOC(F)=C(F)F. The second-order valence-corrected chi connectivity index (χ2v) is 3.95. The Kier molecular flexibility index (Phi) is 5.55. The van der Waals surface area contributed by atoms with E-state index >= 15 is 0 Å². The Morgan fingerprint density at radius 1 is 1.21 bits per heavy atom. The monoisotopic (exact) mass is 234 g/mol. The van der Waals surface area contributed by atoms with Crippen molar-refractivity contribution >= 4 is 10.1 Å². The summed E-state index contributed by atoms with van der Waals surface area (Å²) in [6, 6.07) is -1.96. The van der Waals surface area contributed by atoms with E-state index in [0.29, 0.717) is 0 Å². The van der Waals surface area contributed by atoms with E-state index in [1.807, 2.05) is 0 Å². The Bertz CT molecular complexity index is 294. The van der Waals surface area contributed by atoms with Crippen LogP contribution < -0.4 is 0 Å². The molecule has 0 radical (unpaired) electrons. The average Bonchev–Trinajstić information content (AvgIpc) is 2.01. The quantitative estimate of drug-likeness (QED) is 0.431. The van der Waals surface area contributed by atoms with Crippen molar-refractivity contribution in [3.63, 3.8) is 0 Å². The van der Waals surface area contributed by atoms with Crippen molar-refractivity contribution in [2.24, 2.45) is 0 Å². The summed E-state index contributed by atoms with van der Waals surface area (Å²) in [6.45, 7) is -0.362. The largest absolute Gasteiger partial charge is 0.467 e. The van der Waals surface area contributed by atoms with Crippen molar-refractivity contribution in [2.75, 3.05) is 12.4 Å². The molecule has 0 spiro atoms. The molecule has 14 heavy (non-hydrogen) atoms. The highest BCUT2D eigenvalue weighted by Gasteiger charge is 2.07. The van der Waals surface area contributed by atoms with E-state index in [1.54, 1.807) is 0 Å². The molecule has 0 bridgehead atoms. The fourth-order valence-electron chi connectivity index (χ4n) is 0.603. The Labute approximate surface area is 79.1 Å². The maximum atomic E-state index is 11.9. The summed E-state index contributed by atoms with van der Waals surface area (Å²) >= 11 is 0. The minimum Gasteiger partial charge on any atom is -0.467 e. The highest BCUT2D eigenvalue weighted by Crippen LogP contribution is 2.10. The van der Waals surface area contributed by atoms with E-state index in [-0.39, 0.29) is 19.4 Å². The molecule has 0 aliphatic heterocycles. The third-order valence-electron chi connectivity index (χ3n) is 1.17. The van der Waals surface area contributed by atoms with Gasteiger partial charge in [0, 0.05) is 0 Å². The fraction of sp³-hybridized carbons (Fsp3) is 0.667. The lowest BCUT2D eigenvalue weighted by molar-refractivity contribution is 0.117. The molecular weight excluding hydrogens is 225 g/mol. The summed E-state index contributed by atoms with van der Waals surface area (Å²) in [6.07, 6.45) is -2.49. The molecule has 0 unspecified atom stereocenters. The summed E-state index contributed by atoms with van der Waals surface area (Å²) in [5.74, 6) is -0.500. The molecule has 0 saturated heterocycles. The zero-order valence-electron chi connectivity index (χ0n) is 7.04. The van der Waals surface area contributed by atoms with Gasteiger partial charge in [0.1, 0.15) is 0 Å². The molecule has 0 aromatic heterocycles. The van der Waals surface area contributed by atoms with Crippen molar-refractivity contribution in [2.45, 2.75) is 12.8 Å². The predicted molar refractivity (Wildman–Crippen MR) is 42.0 cm³/mol. The van der Waals surface area contributed by atoms with Gasteiger partial charge >= 0.3 is 12.1 Å². The second-order valence-electron chi connectivity index (χ2n) is 2.38. The van der Waals surface area contributed by atoms with Crippen molar-refractivity contribution in [3.05, 3.63) is 12.1 Å². The van der Waals surface area contributed by atoms with E-state index in [2.05, 4.69) is 4.74 Å². The van der Waals surface area contributed by atoms with E-state index in [1.165, 1.54) is 0 Å². The normalized spacial score (nSPS) is 11.1. The minimum atomic E-state index is -4.05. The molecule has 0 aromatic carbocycles. The molecule has 0 atom stereocenters. The van der Waals surface area contributed by atoms with Gasteiger partial charge in [-0.25, -0.2) is 0 Å². The van der Waals surface area contributed by atoms with Gasteiger partial charge < -0.3 is 4.74 Å². The first-order chi connectivity index (χ1) is 6.33. The Balaban J connectivity index is 3.54. The Hall–Kier alpha value is -0.760. The van der Waals surface area contributed by atoms with Gasteiger partial charge in [-0.05, 0) is 12.8 Å². The molecule has 0 heterocycles. The van der Waals surface area contributed by atoms with Gasteiger partial charge in [-0.2, -0.15) is 21.6 Å². The maximum Gasteiger partial charge on any atom is 0.342 e. The number of ether oxygens (including phenoxy) is 1. The standard InChI is InChI=1S/C6H9F3O4S/c7-5(8)6(9)13-3-1-2-4-14(10,11)12/h1-4H2,(H,10,11,12). The Morgan fingerprint density at radius 2 is 1.79 bits per heavy atom. The lowest BCUT2D eigenvalue weighted by Gasteiger charge is -2.01. The topological polar surface area (TPSA) is 63.6 Å². The average molecular weight is 234 g/mol. The van der Waals surface area contributed by atoms with Crippen LogP contribution in [0.1, 0.15) is 12.8 Å². The van der Waals surface area contributed by atoms with Crippen molar-refractivity contribution < 1.29 is 30.9 Å². The van der Waals surface area contributed by atoms with Crippen LogP contribution in [0.4, 0.5) is 13.2 Å².